The average Bonchev–Trinajstić information content (AvgIpc) is 3.55. The summed E-state index contributed by atoms with van der Waals surface area (Å²) in [6.45, 7) is 11.1. The molecular weight excluding hydrogens is 565 g/mol. The van der Waals surface area contributed by atoms with Crippen molar-refractivity contribution in [1.82, 2.24) is 14.5 Å². The van der Waals surface area contributed by atoms with E-state index in [1.54, 1.807) is 35.0 Å². The van der Waals surface area contributed by atoms with Gasteiger partial charge in [0.25, 0.3) is 0 Å². The first-order chi connectivity index (χ1) is 19.8. The zero-order valence-corrected chi connectivity index (χ0v) is 25.0. The van der Waals surface area contributed by atoms with E-state index in [1.165, 1.54) is 17.2 Å². The summed E-state index contributed by atoms with van der Waals surface area (Å²) < 4.78 is 39.8. The fourth-order valence-electron chi connectivity index (χ4n) is 4.41. The maximum Gasteiger partial charge on any atom is 0.414 e. The second-order valence-corrected chi connectivity index (χ2v) is 13.7. The molecule has 4 heterocycles. The highest BCUT2D eigenvalue weighted by atomic mass is 28.2. The van der Waals surface area contributed by atoms with Crippen molar-refractivity contribution in [3.63, 3.8) is 0 Å². The molecule has 14 heteroatoms. The molecule has 5 rings (SSSR count). The van der Waals surface area contributed by atoms with Crippen LogP contribution in [0.1, 0.15) is 40.2 Å². The number of rotatable bonds is 9. The maximum atomic E-state index is 15.2. The third-order valence-electron chi connectivity index (χ3n) is 6.77. The lowest BCUT2D eigenvalue weighted by Gasteiger charge is -2.32. The Labute approximate surface area is 244 Å². The minimum Gasteiger partial charge on any atom is -0.443 e. The Morgan fingerprint density at radius 2 is 1.98 bits per heavy atom. The highest BCUT2D eigenvalue weighted by Gasteiger charge is 2.43. The average molecular weight is 598 g/mol. The van der Waals surface area contributed by atoms with Crippen molar-refractivity contribution in [2.45, 2.75) is 70.6 Å². The van der Waals surface area contributed by atoms with Crippen molar-refractivity contribution in [2.24, 2.45) is 0 Å². The number of carbonyl (C=O) groups is 1. The molecule has 2 radical (unpaired) electrons. The molecule has 12 nitrogen and oxygen atoms in total. The van der Waals surface area contributed by atoms with Gasteiger partial charge in [-0.3, -0.25) is 14.5 Å². The van der Waals surface area contributed by atoms with Crippen LogP contribution < -0.4 is 9.64 Å². The number of cyclic esters (lactones) is 1. The lowest BCUT2D eigenvalue weighted by Crippen LogP contribution is -2.43. The monoisotopic (exact) mass is 597 g/mol. The predicted molar refractivity (Wildman–Crippen MR) is 151 cm³/mol. The van der Waals surface area contributed by atoms with Gasteiger partial charge >= 0.3 is 17.9 Å². The number of nitro groups is 1. The Morgan fingerprint density at radius 1 is 1.19 bits per heavy atom. The number of fused-ring (bicyclic) bond motifs is 1. The fraction of sp³-hybridized carbons (Fsp3) is 0.464. The first-order valence-corrected chi connectivity index (χ1v) is 14.3. The summed E-state index contributed by atoms with van der Waals surface area (Å²) in [7, 11) is 0.230. The van der Waals surface area contributed by atoms with Crippen molar-refractivity contribution in [2.75, 3.05) is 18.1 Å². The number of anilines is 1. The van der Waals surface area contributed by atoms with E-state index in [1.807, 2.05) is 13.8 Å². The van der Waals surface area contributed by atoms with Gasteiger partial charge in [-0.15, -0.1) is 0 Å². The van der Waals surface area contributed by atoms with E-state index in [9.17, 15) is 14.9 Å². The highest BCUT2D eigenvalue weighted by Crippen LogP contribution is 2.33. The number of nitrogens with zero attached hydrogens (tertiary/aromatic N) is 5. The summed E-state index contributed by atoms with van der Waals surface area (Å²) >= 11 is 0. The van der Waals surface area contributed by atoms with Gasteiger partial charge in [-0.25, -0.2) is 9.18 Å². The maximum absolute atomic E-state index is 15.2. The van der Waals surface area contributed by atoms with Crippen molar-refractivity contribution in [3.05, 3.63) is 64.2 Å². The van der Waals surface area contributed by atoms with Gasteiger partial charge < -0.3 is 28.8 Å². The van der Waals surface area contributed by atoms with Crippen LogP contribution in [0.5, 0.6) is 6.01 Å². The van der Waals surface area contributed by atoms with Crippen LogP contribution in [0.15, 0.2) is 42.7 Å². The second-order valence-electron chi connectivity index (χ2n) is 11.8. The van der Waals surface area contributed by atoms with E-state index in [2.05, 4.69) is 30.7 Å². The number of pyridine rings is 1. The third kappa shape index (κ3) is 6.61. The number of hydrogen-bond donors (Lipinski definition) is 0. The van der Waals surface area contributed by atoms with Gasteiger partial charge in [-0.1, -0.05) is 26.8 Å². The Morgan fingerprint density at radius 3 is 2.64 bits per heavy atom. The van der Waals surface area contributed by atoms with Crippen molar-refractivity contribution in [3.8, 4) is 17.3 Å². The minimum atomic E-state index is -0.697. The molecule has 1 fully saturated rings. The standard InChI is InChI=1S/C28H32FN5O7Si/c1-27(2,3)42-41-28(4,5)23-13-33(26(35)40-23)18-7-8-20(21(29)10-18)22-9-6-17(11-30-22)15-38-19-12-32-14-24(34(36)37)31-25(32)39-16-19/h6-11,14,19,23H,12-13,15-16H2,1-5H3. The Kier molecular flexibility index (Phi) is 8.05. The number of ether oxygens (including phenoxy) is 3. The van der Waals surface area contributed by atoms with E-state index >= 15 is 4.39 Å². The van der Waals surface area contributed by atoms with Crippen LogP contribution in [0.2, 0.25) is 5.04 Å². The van der Waals surface area contributed by atoms with Gasteiger partial charge in [0.2, 0.25) is 9.76 Å². The number of aromatic nitrogens is 3. The zero-order valence-electron chi connectivity index (χ0n) is 24.0. The number of halogens is 1. The molecule has 0 bridgehead atoms. The molecule has 2 atom stereocenters. The largest absolute Gasteiger partial charge is 0.443 e. The molecule has 0 N–H and O–H groups in total. The summed E-state index contributed by atoms with van der Waals surface area (Å²) in [4.78, 5) is 32.7. The van der Waals surface area contributed by atoms with E-state index in [-0.39, 0.29) is 52.5 Å². The lowest BCUT2D eigenvalue weighted by atomic mass is 10.0. The summed E-state index contributed by atoms with van der Waals surface area (Å²) in [5.41, 5.74) is 1.18. The van der Waals surface area contributed by atoms with Crippen LogP contribution in [0.4, 0.5) is 20.7 Å². The van der Waals surface area contributed by atoms with Gasteiger partial charge in [-0.2, -0.15) is 0 Å². The molecule has 1 saturated heterocycles. The summed E-state index contributed by atoms with van der Waals surface area (Å²) in [6.07, 6.45) is 1.54. The first kappa shape index (κ1) is 29.6. The van der Waals surface area contributed by atoms with E-state index in [0.717, 1.165) is 5.56 Å². The third-order valence-corrected chi connectivity index (χ3v) is 8.01. The van der Waals surface area contributed by atoms with Crippen LogP contribution in [0, 0.1) is 15.9 Å². The smallest absolute Gasteiger partial charge is 0.414 e. The highest BCUT2D eigenvalue weighted by molar-refractivity contribution is 6.31. The van der Waals surface area contributed by atoms with E-state index < -0.39 is 28.5 Å². The van der Waals surface area contributed by atoms with Gasteiger partial charge in [-0.05, 0) is 53.6 Å². The summed E-state index contributed by atoms with van der Waals surface area (Å²) in [5, 5.41) is 10.9. The number of imidazole rings is 1. The molecule has 2 aliphatic rings. The molecule has 0 aliphatic carbocycles. The molecule has 1 aromatic carbocycles. The lowest BCUT2D eigenvalue weighted by molar-refractivity contribution is -0.389. The van der Waals surface area contributed by atoms with Crippen molar-refractivity contribution >= 4 is 27.4 Å². The number of amides is 1. The molecule has 222 valence electrons. The van der Waals surface area contributed by atoms with E-state index in [0.29, 0.717) is 23.5 Å². The molecule has 3 aromatic rings. The fourth-order valence-corrected chi connectivity index (χ4v) is 5.11. The van der Waals surface area contributed by atoms with E-state index in [4.69, 9.17) is 18.6 Å². The number of hydrogen-bond acceptors (Lipinski definition) is 9. The normalized spacial score (nSPS) is 18.9. The molecule has 2 aromatic heterocycles. The molecule has 2 aliphatic heterocycles. The Bertz CT molecular complexity index is 1470. The first-order valence-electron chi connectivity index (χ1n) is 13.4. The van der Waals surface area contributed by atoms with Crippen LogP contribution in [0.25, 0.3) is 11.3 Å². The summed E-state index contributed by atoms with van der Waals surface area (Å²) in [6, 6.07) is 8.24. The number of carbonyl (C=O) groups excluding carboxylic acids is 1. The molecular formula is C28H32FN5O7Si. The van der Waals surface area contributed by atoms with Gasteiger partial charge in [0.15, 0.2) is 0 Å². The molecule has 1 amide bonds. The Balaban J connectivity index is 1.19. The number of benzene rings is 1. The quantitative estimate of drug-likeness (QED) is 0.191. The van der Waals surface area contributed by atoms with Crippen LogP contribution >= 0.6 is 0 Å². The molecule has 42 heavy (non-hydrogen) atoms. The van der Waals surface area contributed by atoms with Crippen LogP contribution in [0.3, 0.4) is 0 Å². The molecule has 0 saturated carbocycles. The van der Waals surface area contributed by atoms with Crippen LogP contribution in [-0.4, -0.2) is 66.3 Å². The SMILES string of the molecule is CC(C)(C)[Si]OC(C)(C)C1CN(c2ccc(-c3ccc(COC4COc5nc([N+](=O)[O-])cn5C4)cn3)c(F)c2)C(=O)O1. The molecule has 0 spiro atoms. The molecule has 2 unspecified atom stereocenters. The van der Waals surface area contributed by atoms with Gasteiger partial charge in [0.1, 0.15) is 30.8 Å². The predicted octanol–water partition coefficient (Wildman–Crippen LogP) is 4.93. The second kappa shape index (κ2) is 11.4. The topological polar surface area (TPSA) is 131 Å². The Hall–Kier alpha value is -3.88. The zero-order chi connectivity index (χ0) is 30.2. The van der Waals surface area contributed by atoms with Crippen molar-refractivity contribution in [1.29, 1.82) is 0 Å². The summed E-state index contributed by atoms with van der Waals surface area (Å²) in [5.74, 6) is -0.796. The van der Waals surface area contributed by atoms with Gasteiger partial charge in [0, 0.05) is 16.7 Å². The van der Waals surface area contributed by atoms with Crippen molar-refractivity contribution < 1.29 is 32.7 Å². The van der Waals surface area contributed by atoms with Gasteiger partial charge in [0.05, 0.1) is 36.7 Å². The minimum absolute atomic E-state index is 0.0132. The van der Waals surface area contributed by atoms with Crippen LogP contribution in [-0.2, 0) is 27.1 Å².